The van der Waals surface area contributed by atoms with Gasteiger partial charge in [-0.15, -0.1) is 0 Å². The van der Waals surface area contributed by atoms with Crippen LogP contribution in [-0.2, 0) is 19.1 Å². The maximum absolute atomic E-state index is 12.2. The highest BCUT2D eigenvalue weighted by Crippen LogP contribution is 2.19. The van der Waals surface area contributed by atoms with Crippen molar-refractivity contribution in [2.24, 2.45) is 0 Å². The minimum absolute atomic E-state index is 0.0178. The number of morpholine rings is 1. The summed E-state index contributed by atoms with van der Waals surface area (Å²) in [6.45, 7) is 3.87. The quantitative estimate of drug-likeness (QED) is 0.864. The van der Waals surface area contributed by atoms with Crippen LogP contribution < -0.4 is 10.2 Å². The molecular weight excluding hydrogens is 322 g/mol. The molecule has 7 nitrogen and oxygen atoms in total. The molecule has 0 aliphatic carbocycles. The Morgan fingerprint density at radius 3 is 2.56 bits per heavy atom. The van der Waals surface area contributed by atoms with Gasteiger partial charge >= 0.3 is 0 Å². The van der Waals surface area contributed by atoms with Crippen LogP contribution >= 0.6 is 0 Å². The lowest BCUT2D eigenvalue weighted by Gasteiger charge is -2.29. The van der Waals surface area contributed by atoms with Gasteiger partial charge in [-0.3, -0.25) is 9.59 Å². The maximum Gasteiger partial charge on any atom is 0.251 e. The highest BCUT2D eigenvalue weighted by Gasteiger charge is 2.27. The van der Waals surface area contributed by atoms with Crippen molar-refractivity contribution in [1.29, 1.82) is 0 Å². The smallest absolute Gasteiger partial charge is 0.251 e. The molecule has 2 heterocycles. The highest BCUT2D eigenvalue weighted by atomic mass is 16.5. The molecule has 7 heteroatoms. The van der Waals surface area contributed by atoms with Gasteiger partial charge in [0.15, 0.2) is 0 Å². The molecule has 1 N–H and O–H groups in total. The molecule has 0 radical (unpaired) electrons. The molecule has 136 valence electrons. The molecule has 3 rings (SSSR count). The van der Waals surface area contributed by atoms with Crippen LogP contribution in [0.2, 0.25) is 0 Å². The van der Waals surface area contributed by atoms with Crippen molar-refractivity contribution in [1.82, 2.24) is 4.90 Å². The predicted octanol–water partition coefficient (Wildman–Crippen LogP) is 1.10. The first-order chi connectivity index (χ1) is 12.1. The van der Waals surface area contributed by atoms with Gasteiger partial charge in [-0.25, -0.2) is 0 Å². The summed E-state index contributed by atoms with van der Waals surface area (Å²) in [5, 5.41) is 2.83. The van der Waals surface area contributed by atoms with Gasteiger partial charge in [-0.05, 0) is 37.1 Å². The van der Waals surface area contributed by atoms with Crippen LogP contribution in [0.15, 0.2) is 24.3 Å². The number of anilines is 2. The van der Waals surface area contributed by atoms with E-state index in [1.54, 1.807) is 7.05 Å². The Morgan fingerprint density at radius 1 is 1.20 bits per heavy atom. The second-order valence-electron chi connectivity index (χ2n) is 6.39. The summed E-state index contributed by atoms with van der Waals surface area (Å²) in [6, 6.07) is 7.74. The summed E-state index contributed by atoms with van der Waals surface area (Å²) in [7, 11) is 1.63. The number of nitrogens with zero attached hydrogens (tertiary/aromatic N) is 2. The van der Waals surface area contributed by atoms with E-state index in [4.69, 9.17) is 9.47 Å². The zero-order valence-corrected chi connectivity index (χ0v) is 14.6. The molecule has 0 unspecified atom stereocenters. The Bertz CT molecular complexity index is 593. The van der Waals surface area contributed by atoms with Crippen molar-refractivity contribution < 1.29 is 19.1 Å². The highest BCUT2D eigenvalue weighted by molar-refractivity contribution is 5.95. The van der Waals surface area contributed by atoms with E-state index in [1.807, 2.05) is 24.3 Å². The SMILES string of the molecule is CN(CC(=O)Nc1ccc(N2CCOCC2)cc1)C(=O)[C@H]1CCCO1. The zero-order chi connectivity index (χ0) is 17.6. The molecule has 2 aliphatic heterocycles. The van der Waals surface area contributed by atoms with Crippen LogP contribution in [0.4, 0.5) is 11.4 Å². The number of nitrogens with one attached hydrogen (secondary N) is 1. The van der Waals surface area contributed by atoms with Gasteiger partial charge < -0.3 is 24.6 Å². The second-order valence-corrected chi connectivity index (χ2v) is 6.39. The van der Waals surface area contributed by atoms with Crippen LogP contribution in [0.1, 0.15) is 12.8 Å². The largest absolute Gasteiger partial charge is 0.378 e. The molecule has 0 bridgehead atoms. The van der Waals surface area contributed by atoms with E-state index >= 15 is 0 Å². The lowest BCUT2D eigenvalue weighted by molar-refractivity contribution is -0.141. The summed E-state index contributed by atoms with van der Waals surface area (Å²) >= 11 is 0. The number of hydrogen-bond donors (Lipinski definition) is 1. The van der Waals surface area contributed by atoms with E-state index in [9.17, 15) is 9.59 Å². The number of carbonyl (C=O) groups is 2. The van der Waals surface area contributed by atoms with Crippen LogP contribution in [0.5, 0.6) is 0 Å². The number of benzene rings is 1. The molecule has 1 atom stereocenters. The van der Waals surface area contributed by atoms with Gasteiger partial charge in [0.05, 0.1) is 19.8 Å². The Balaban J connectivity index is 1.49. The lowest BCUT2D eigenvalue weighted by atomic mass is 10.2. The summed E-state index contributed by atoms with van der Waals surface area (Å²) in [5.41, 5.74) is 1.84. The number of amides is 2. The number of rotatable bonds is 5. The van der Waals surface area contributed by atoms with E-state index in [0.29, 0.717) is 6.61 Å². The Hall–Kier alpha value is -2.12. The average molecular weight is 347 g/mol. The fourth-order valence-electron chi connectivity index (χ4n) is 3.09. The normalized spacial score (nSPS) is 20.4. The minimum atomic E-state index is -0.398. The van der Waals surface area contributed by atoms with E-state index in [2.05, 4.69) is 10.2 Å². The Labute approximate surface area is 147 Å². The van der Waals surface area contributed by atoms with Gasteiger partial charge in [-0.1, -0.05) is 0 Å². The zero-order valence-electron chi connectivity index (χ0n) is 14.6. The molecule has 25 heavy (non-hydrogen) atoms. The monoisotopic (exact) mass is 347 g/mol. The summed E-state index contributed by atoms with van der Waals surface area (Å²) < 4.78 is 10.7. The third-order valence-electron chi connectivity index (χ3n) is 4.49. The molecule has 1 aromatic carbocycles. The molecule has 2 fully saturated rings. The van der Waals surface area contributed by atoms with E-state index in [-0.39, 0.29) is 18.4 Å². The fraction of sp³-hybridized carbons (Fsp3) is 0.556. The molecule has 2 saturated heterocycles. The predicted molar refractivity (Wildman–Crippen MR) is 94.7 cm³/mol. The molecule has 1 aromatic rings. The van der Waals surface area contributed by atoms with Gasteiger partial charge in [-0.2, -0.15) is 0 Å². The molecule has 0 aromatic heterocycles. The van der Waals surface area contributed by atoms with Crippen LogP contribution in [0, 0.1) is 0 Å². The lowest BCUT2D eigenvalue weighted by Crippen LogP contribution is -2.40. The van der Waals surface area contributed by atoms with Crippen molar-refractivity contribution >= 4 is 23.2 Å². The van der Waals surface area contributed by atoms with Crippen molar-refractivity contribution in [3.8, 4) is 0 Å². The summed E-state index contributed by atoms with van der Waals surface area (Å²) in [5.74, 6) is -0.344. The van der Waals surface area contributed by atoms with Gasteiger partial charge in [0.1, 0.15) is 6.10 Å². The number of hydrogen-bond acceptors (Lipinski definition) is 5. The third-order valence-corrected chi connectivity index (χ3v) is 4.49. The second kappa shape index (κ2) is 8.31. The van der Waals surface area contributed by atoms with Crippen LogP contribution in [-0.4, -0.2) is 69.3 Å². The topological polar surface area (TPSA) is 71.1 Å². The molecule has 0 spiro atoms. The molecule has 0 saturated carbocycles. The Morgan fingerprint density at radius 2 is 1.92 bits per heavy atom. The fourth-order valence-corrected chi connectivity index (χ4v) is 3.09. The summed E-state index contributed by atoms with van der Waals surface area (Å²) in [6.07, 6.45) is 1.23. The first-order valence-electron chi connectivity index (χ1n) is 8.72. The van der Waals surface area contributed by atoms with Crippen LogP contribution in [0.25, 0.3) is 0 Å². The van der Waals surface area contributed by atoms with Gasteiger partial charge in [0.2, 0.25) is 5.91 Å². The van der Waals surface area contributed by atoms with E-state index in [0.717, 1.165) is 50.5 Å². The summed E-state index contributed by atoms with van der Waals surface area (Å²) in [4.78, 5) is 28.0. The Kier molecular flexibility index (Phi) is 5.88. The van der Waals surface area contributed by atoms with Crippen LogP contribution in [0.3, 0.4) is 0 Å². The molecule has 2 aliphatic rings. The first kappa shape index (κ1) is 17.7. The average Bonchev–Trinajstić information content (AvgIpc) is 3.17. The maximum atomic E-state index is 12.2. The van der Waals surface area contributed by atoms with Gasteiger partial charge in [0, 0.05) is 38.1 Å². The van der Waals surface area contributed by atoms with Crippen molar-refractivity contribution in [2.45, 2.75) is 18.9 Å². The van der Waals surface area contributed by atoms with Crippen molar-refractivity contribution in [3.05, 3.63) is 24.3 Å². The number of ether oxygens (including phenoxy) is 2. The van der Waals surface area contributed by atoms with Crippen molar-refractivity contribution in [3.63, 3.8) is 0 Å². The van der Waals surface area contributed by atoms with E-state index < -0.39 is 6.10 Å². The number of carbonyl (C=O) groups excluding carboxylic acids is 2. The van der Waals surface area contributed by atoms with E-state index in [1.165, 1.54) is 4.90 Å². The first-order valence-corrected chi connectivity index (χ1v) is 8.72. The molecule has 2 amide bonds. The van der Waals surface area contributed by atoms with Gasteiger partial charge in [0.25, 0.3) is 5.91 Å². The van der Waals surface area contributed by atoms with Crippen molar-refractivity contribution in [2.75, 3.05) is 56.7 Å². The minimum Gasteiger partial charge on any atom is -0.378 e. The number of likely N-dealkylation sites (N-methyl/N-ethyl adjacent to an activating group) is 1. The third kappa shape index (κ3) is 4.70. The molecular formula is C18H25N3O4. The standard InChI is InChI=1S/C18H25N3O4/c1-20(18(23)16-3-2-10-25-16)13-17(22)19-14-4-6-15(7-5-14)21-8-11-24-12-9-21/h4-7,16H,2-3,8-13H2,1H3,(H,19,22)/t16-/m1/s1.